The number of aromatic carboxylic acids is 1. The van der Waals surface area contributed by atoms with Crippen LogP contribution >= 0.6 is 15.9 Å². The third-order valence-electron chi connectivity index (χ3n) is 1.49. The van der Waals surface area contributed by atoms with Crippen LogP contribution in [0, 0.1) is 0 Å². The number of carboxylic acids is 1. The van der Waals surface area contributed by atoms with Gasteiger partial charge in [0.25, 0.3) is 11.7 Å². The molecule has 76 valence electrons. The fourth-order valence-corrected chi connectivity index (χ4v) is 1.27. The Labute approximate surface area is 91.3 Å². The second-order valence-electron chi connectivity index (χ2n) is 2.45. The topological polar surface area (TPSA) is 102 Å². The lowest BCUT2D eigenvalue weighted by atomic mass is 10.4. The molecule has 0 aliphatic heterocycles. The summed E-state index contributed by atoms with van der Waals surface area (Å²) in [6.07, 6.45) is 2.79. The van der Waals surface area contributed by atoms with Crippen LogP contribution in [0.3, 0.4) is 0 Å². The molecule has 0 aliphatic rings. The van der Waals surface area contributed by atoms with Crippen LogP contribution in [-0.4, -0.2) is 31.2 Å². The second kappa shape index (κ2) is 3.73. The number of aromatic nitrogens is 4. The monoisotopic (exact) mass is 270 g/mol. The molecule has 0 spiro atoms. The molecule has 0 atom stereocenters. The summed E-state index contributed by atoms with van der Waals surface area (Å²) in [5, 5.41) is 11.9. The number of nitrogens with zero attached hydrogens (tertiary/aromatic N) is 4. The van der Waals surface area contributed by atoms with Gasteiger partial charge in [-0.05, 0) is 21.1 Å². The van der Waals surface area contributed by atoms with E-state index in [9.17, 15) is 4.79 Å². The zero-order chi connectivity index (χ0) is 10.8. The average Bonchev–Trinajstić information content (AvgIpc) is 2.67. The van der Waals surface area contributed by atoms with Crippen molar-refractivity contribution >= 4 is 21.9 Å². The molecule has 1 N–H and O–H groups in total. The van der Waals surface area contributed by atoms with Gasteiger partial charge in [0.05, 0.1) is 4.47 Å². The van der Waals surface area contributed by atoms with Gasteiger partial charge in [-0.15, -0.1) is 0 Å². The van der Waals surface area contributed by atoms with Gasteiger partial charge in [-0.25, -0.2) is 14.8 Å². The van der Waals surface area contributed by atoms with Gasteiger partial charge in [-0.1, -0.05) is 0 Å². The van der Waals surface area contributed by atoms with Crippen molar-refractivity contribution in [3.8, 4) is 11.6 Å². The van der Waals surface area contributed by atoms with Gasteiger partial charge >= 0.3 is 5.97 Å². The molecule has 0 bridgehead atoms. The summed E-state index contributed by atoms with van der Waals surface area (Å²) in [4.78, 5) is 21.8. The van der Waals surface area contributed by atoms with E-state index in [2.05, 4.69) is 36.0 Å². The van der Waals surface area contributed by atoms with E-state index in [1.807, 2.05) is 0 Å². The number of hydrogen-bond acceptors (Lipinski definition) is 6. The maximum absolute atomic E-state index is 10.5. The summed E-state index contributed by atoms with van der Waals surface area (Å²) in [5.74, 6) is -1.63. The molecule has 2 aromatic heterocycles. The minimum absolute atomic E-state index is 0.0293. The number of carbonyl (C=O) groups is 1. The summed E-state index contributed by atoms with van der Waals surface area (Å²) in [5.41, 5.74) is 0.352. The van der Waals surface area contributed by atoms with E-state index in [1.165, 1.54) is 12.5 Å². The van der Waals surface area contributed by atoms with E-state index in [0.717, 1.165) is 0 Å². The molecule has 15 heavy (non-hydrogen) atoms. The summed E-state index contributed by atoms with van der Waals surface area (Å²) >= 11 is 3.18. The quantitative estimate of drug-likeness (QED) is 0.868. The van der Waals surface area contributed by atoms with Crippen molar-refractivity contribution in [2.24, 2.45) is 0 Å². The lowest BCUT2D eigenvalue weighted by Crippen LogP contribution is -1.98. The highest BCUT2D eigenvalue weighted by Gasteiger charge is 2.16. The van der Waals surface area contributed by atoms with Gasteiger partial charge in [-0.3, -0.25) is 0 Å². The van der Waals surface area contributed by atoms with Crippen LogP contribution in [0.1, 0.15) is 10.6 Å². The first-order valence-electron chi connectivity index (χ1n) is 3.71. The predicted molar refractivity (Wildman–Crippen MR) is 50.0 cm³/mol. The van der Waals surface area contributed by atoms with E-state index in [4.69, 9.17) is 9.63 Å². The van der Waals surface area contributed by atoms with E-state index < -0.39 is 11.8 Å². The maximum atomic E-state index is 10.5. The first-order chi connectivity index (χ1) is 7.18. The van der Waals surface area contributed by atoms with Gasteiger partial charge in [0.1, 0.15) is 12.0 Å². The molecule has 0 aromatic carbocycles. The molecule has 7 nitrogen and oxygen atoms in total. The normalized spacial score (nSPS) is 10.2. The molecular formula is C7H3BrN4O3. The first-order valence-corrected chi connectivity index (χ1v) is 4.50. The Morgan fingerprint density at radius 1 is 1.53 bits per heavy atom. The molecule has 2 rings (SSSR count). The fourth-order valence-electron chi connectivity index (χ4n) is 0.877. The van der Waals surface area contributed by atoms with Crippen molar-refractivity contribution in [1.82, 2.24) is 20.1 Å². The van der Waals surface area contributed by atoms with Crippen molar-refractivity contribution in [2.45, 2.75) is 0 Å². The molecule has 2 aromatic rings. The Hall–Kier alpha value is -1.83. The average molecular weight is 271 g/mol. The molecule has 0 saturated heterocycles. The third kappa shape index (κ3) is 1.84. The third-order valence-corrected chi connectivity index (χ3v) is 2.07. The molecule has 0 radical (unpaired) electrons. The Kier molecular flexibility index (Phi) is 2.42. The van der Waals surface area contributed by atoms with Crippen LogP contribution in [0.25, 0.3) is 11.6 Å². The van der Waals surface area contributed by atoms with Crippen LogP contribution in [0.2, 0.25) is 0 Å². The molecule has 0 saturated carbocycles. The van der Waals surface area contributed by atoms with E-state index in [-0.39, 0.29) is 5.89 Å². The Morgan fingerprint density at radius 2 is 2.33 bits per heavy atom. The summed E-state index contributed by atoms with van der Waals surface area (Å²) in [6.45, 7) is 0. The minimum atomic E-state index is -1.25. The predicted octanol–water partition coefficient (Wildman–Crippen LogP) is 0.987. The zero-order valence-corrected chi connectivity index (χ0v) is 8.67. The van der Waals surface area contributed by atoms with E-state index in [1.54, 1.807) is 0 Å². The van der Waals surface area contributed by atoms with Crippen molar-refractivity contribution < 1.29 is 14.4 Å². The van der Waals surface area contributed by atoms with Gasteiger partial charge in [-0.2, -0.15) is 4.98 Å². The van der Waals surface area contributed by atoms with Gasteiger partial charge in [0.15, 0.2) is 0 Å². The SMILES string of the molecule is O=C(O)c1noc(-c2ncncc2Br)n1. The van der Waals surface area contributed by atoms with Crippen molar-refractivity contribution in [2.75, 3.05) is 0 Å². The largest absolute Gasteiger partial charge is 0.475 e. The Bertz CT molecular complexity index is 512. The lowest BCUT2D eigenvalue weighted by Gasteiger charge is -1.93. The van der Waals surface area contributed by atoms with Crippen molar-refractivity contribution in [3.05, 3.63) is 22.8 Å². The van der Waals surface area contributed by atoms with Crippen molar-refractivity contribution in [3.63, 3.8) is 0 Å². The van der Waals surface area contributed by atoms with Crippen LogP contribution < -0.4 is 0 Å². The van der Waals surface area contributed by atoms with Crippen LogP contribution in [0.15, 0.2) is 21.5 Å². The standard InChI is InChI=1S/C7H3BrN4O3/c8-3-1-9-2-10-4(3)6-11-5(7(13)14)12-15-6/h1-2H,(H,13,14). The summed E-state index contributed by atoms with van der Waals surface area (Å²) in [7, 11) is 0. The second-order valence-corrected chi connectivity index (χ2v) is 3.30. The smallest absolute Gasteiger partial charge is 0.377 e. The minimum Gasteiger partial charge on any atom is -0.475 e. The molecule has 0 amide bonds. The highest BCUT2D eigenvalue weighted by Crippen LogP contribution is 2.22. The number of halogens is 1. The van der Waals surface area contributed by atoms with E-state index in [0.29, 0.717) is 10.2 Å². The fraction of sp³-hybridized carbons (Fsp3) is 0. The number of rotatable bonds is 2. The van der Waals surface area contributed by atoms with Gasteiger partial charge in [0, 0.05) is 6.20 Å². The van der Waals surface area contributed by atoms with Gasteiger partial charge in [0.2, 0.25) is 0 Å². The molecule has 8 heteroatoms. The molecular weight excluding hydrogens is 268 g/mol. The Balaban J connectivity index is 2.46. The first kappa shape index (κ1) is 9.71. The van der Waals surface area contributed by atoms with Gasteiger partial charge < -0.3 is 9.63 Å². The van der Waals surface area contributed by atoms with E-state index >= 15 is 0 Å². The zero-order valence-electron chi connectivity index (χ0n) is 7.09. The highest BCUT2D eigenvalue weighted by molar-refractivity contribution is 9.10. The molecule has 0 fully saturated rings. The van der Waals surface area contributed by atoms with Crippen LogP contribution in [-0.2, 0) is 0 Å². The molecule has 0 aliphatic carbocycles. The Morgan fingerprint density at radius 3 is 2.93 bits per heavy atom. The maximum Gasteiger partial charge on any atom is 0.377 e. The summed E-state index contributed by atoms with van der Waals surface area (Å²) in [6, 6.07) is 0. The molecule has 0 unspecified atom stereocenters. The van der Waals surface area contributed by atoms with Crippen molar-refractivity contribution in [1.29, 1.82) is 0 Å². The number of hydrogen-bond donors (Lipinski definition) is 1. The van der Waals surface area contributed by atoms with Crippen LogP contribution in [0.4, 0.5) is 0 Å². The summed E-state index contributed by atoms with van der Waals surface area (Å²) < 4.78 is 5.28. The lowest BCUT2D eigenvalue weighted by molar-refractivity contribution is 0.0680. The number of carboxylic acid groups (broad SMARTS) is 1. The van der Waals surface area contributed by atoms with Crippen LogP contribution in [0.5, 0.6) is 0 Å². The molecule has 2 heterocycles. The highest BCUT2D eigenvalue weighted by atomic mass is 79.9.